The average Bonchev–Trinajstić information content (AvgIpc) is 3.25. The van der Waals surface area contributed by atoms with Crippen molar-refractivity contribution in [3.63, 3.8) is 0 Å². The molecule has 0 aromatic carbocycles. The van der Waals surface area contributed by atoms with E-state index in [0.717, 1.165) is 51.4 Å². The summed E-state index contributed by atoms with van der Waals surface area (Å²) < 4.78 is 34.4. The van der Waals surface area contributed by atoms with Crippen LogP contribution in [-0.2, 0) is 32.7 Å². The number of rotatable bonds is 48. The highest BCUT2D eigenvalue weighted by Gasteiger charge is 2.27. The van der Waals surface area contributed by atoms with Crippen molar-refractivity contribution in [2.75, 3.05) is 47.5 Å². The Kier molecular flexibility index (Phi) is 44.6. The maximum Gasteiger partial charge on any atom is 0.472 e. The molecule has 374 valence electrons. The van der Waals surface area contributed by atoms with Crippen molar-refractivity contribution in [1.29, 1.82) is 0 Å². The highest BCUT2D eigenvalue weighted by atomic mass is 31.2. The number of quaternary nitrogens is 1. The largest absolute Gasteiger partial charge is 0.472 e. The molecule has 0 amide bonds. The molecule has 10 heteroatoms. The first-order chi connectivity index (χ1) is 31.0. The van der Waals surface area contributed by atoms with Crippen LogP contribution in [0.2, 0.25) is 0 Å². The molecule has 0 aromatic heterocycles. The van der Waals surface area contributed by atoms with Gasteiger partial charge >= 0.3 is 19.8 Å². The fourth-order valence-electron chi connectivity index (χ4n) is 7.20. The number of esters is 2. The zero-order chi connectivity index (χ0) is 47.1. The molecule has 9 nitrogen and oxygen atoms in total. The molecule has 1 unspecified atom stereocenters. The smallest absolute Gasteiger partial charge is 0.462 e. The number of likely N-dealkylation sites (N-methyl/N-ethyl adjacent to an activating group) is 1. The predicted octanol–water partition coefficient (Wildman–Crippen LogP) is 15.8. The number of allylic oxidation sites excluding steroid dienone is 8. The molecule has 0 aliphatic carbocycles. The van der Waals surface area contributed by atoms with E-state index in [1.807, 2.05) is 21.1 Å². The molecule has 0 fully saturated rings. The Hall–Kier alpha value is -2.03. The summed E-state index contributed by atoms with van der Waals surface area (Å²) in [6.07, 6.45) is 56.1. The molecule has 0 aliphatic rings. The molecule has 0 saturated carbocycles. The van der Waals surface area contributed by atoms with Gasteiger partial charge in [-0.05, 0) is 70.6 Å². The second-order valence-corrected chi connectivity index (χ2v) is 20.4. The van der Waals surface area contributed by atoms with E-state index in [-0.39, 0.29) is 26.1 Å². The van der Waals surface area contributed by atoms with Gasteiger partial charge in [0.25, 0.3) is 0 Å². The Morgan fingerprint density at radius 1 is 0.484 bits per heavy atom. The fraction of sp³-hybridized carbons (Fsp3) is 0.815. The molecule has 1 N–H and O–H groups in total. The quantitative estimate of drug-likeness (QED) is 0.0211. The number of nitrogens with zero attached hydrogens (tertiary/aromatic N) is 1. The first-order valence-corrected chi connectivity index (χ1v) is 27.9. The third kappa shape index (κ3) is 49.4. The van der Waals surface area contributed by atoms with E-state index in [0.29, 0.717) is 23.9 Å². The van der Waals surface area contributed by atoms with E-state index >= 15 is 0 Å². The molecule has 0 aromatic rings. The minimum absolute atomic E-state index is 0.0226. The number of carbonyl (C=O) groups is 2. The highest BCUT2D eigenvalue weighted by molar-refractivity contribution is 7.47. The second-order valence-electron chi connectivity index (χ2n) is 18.9. The van der Waals surface area contributed by atoms with E-state index in [1.165, 1.54) is 141 Å². The lowest BCUT2D eigenvalue weighted by Gasteiger charge is -2.24. The van der Waals surface area contributed by atoms with Crippen LogP contribution < -0.4 is 0 Å². The number of phosphoric ester groups is 1. The Bertz CT molecular complexity index is 1230. The average molecular weight is 923 g/mol. The number of carbonyl (C=O) groups excluding carboxylic acids is 2. The predicted molar refractivity (Wildman–Crippen MR) is 270 cm³/mol. The van der Waals surface area contributed by atoms with Crippen molar-refractivity contribution < 1.29 is 42.1 Å². The van der Waals surface area contributed by atoms with Gasteiger partial charge in [0.1, 0.15) is 19.8 Å². The van der Waals surface area contributed by atoms with Crippen molar-refractivity contribution >= 4 is 19.8 Å². The van der Waals surface area contributed by atoms with Crippen LogP contribution in [-0.4, -0.2) is 74.9 Å². The second kappa shape index (κ2) is 46.1. The summed E-state index contributed by atoms with van der Waals surface area (Å²) in [6, 6.07) is 0. The van der Waals surface area contributed by atoms with Gasteiger partial charge in [0, 0.05) is 12.8 Å². The van der Waals surface area contributed by atoms with Gasteiger partial charge in [-0.3, -0.25) is 18.6 Å². The van der Waals surface area contributed by atoms with E-state index in [2.05, 4.69) is 62.5 Å². The van der Waals surface area contributed by atoms with Gasteiger partial charge in [0.2, 0.25) is 0 Å². The van der Waals surface area contributed by atoms with Crippen LogP contribution in [0.25, 0.3) is 0 Å². The van der Waals surface area contributed by atoms with E-state index < -0.39 is 32.5 Å². The molecular formula is C54H101NO8P+. The zero-order valence-corrected chi connectivity index (χ0v) is 43.2. The number of unbranched alkanes of at least 4 members (excludes halogenated alkanes) is 26. The van der Waals surface area contributed by atoms with Crippen molar-refractivity contribution in [1.82, 2.24) is 0 Å². The van der Waals surface area contributed by atoms with Crippen LogP contribution in [0.1, 0.15) is 232 Å². The van der Waals surface area contributed by atoms with Gasteiger partial charge in [-0.25, -0.2) is 4.57 Å². The SMILES string of the molecule is CCCCC/C=C/C/C=C/C/C=C/CCCCCCC(=O)OC[C@H](COP(=O)(O)OCC[N+](C)(C)C)OC(=O)CCC/C=C/CCCCCCCCCCCCCCCCCCCC. The lowest BCUT2D eigenvalue weighted by atomic mass is 10.0. The zero-order valence-electron chi connectivity index (χ0n) is 42.3. The Balaban J connectivity index is 4.28. The molecule has 0 rings (SSSR count). The standard InChI is InChI=1S/C54H100NO8P/c1-6-8-10-12-14-16-18-20-22-24-25-26-27-28-29-31-33-35-37-39-41-43-45-47-54(57)63-52(51-62-64(58,59)61-49-48-55(3,4)5)50-60-53(56)46-44-42-40-38-36-34-32-30-23-21-19-17-15-13-11-9-7-2/h15,17,21,23,32,34,39,41,52H,6-14,16,18-20,22,24-31,33,35-38,40,42-51H2,1-5H3/p+1/b17-15+,23-21+,34-32+,41-39+/t52-/m1/s1. The number of phosphoric acid groups is 1. The molecule has 0 spiro atoms. The third-order valence-electron chi connectivity index (χ3n) is 11.3. The fourth-order valence-corrected chi connectivity index (χ4v) is 7.94. The first kappa shape index (κ1) is 62.0. The normalized spacial score (nSPS) is 13.8. The molecule has 0 bridgehead atoms. The van der Waals surface area contributed by atoms with E-state index in [1.54, 1.807) is 0 Å². The van der Waals surface area contributed by atoms with Gasteiger partial charge in [0.05, 0.1) is 27.7 Å². The van der Waals surface area contributed by atoms with Crippen LogP contribution in [0.5, 0.6) is 0 Å². The summed E-state index contributed by atoms with van der Waals surface area (Å²) in [6.45, 7) is 4.37. The van der Waals surface area contributed by atoms with Gasteiger partial charge < -0.3 is 18.9 Å². The molecular weight excluding hydrogens is 822 g/mol. The van der Waals surface area contributed by atoms with Crippen LogP contribution in [0, 0.1) is 0 Å². The molecule has 0 radical (unpaired) electrons. The topological polar surface area (TPSA) is 108 Å². The minimum atomic E-state index is -4.39. The van der Waals surface area contributed by atoms with Crippen molar-refractivity contribution in [2.24, 2.45) is 0 Å². The maximum atomic E-state index is 12.7. The molecule has 2 atom stereocenters. The summed E-state index contributed by atoms with van der Waals surface area (Å²) in [7, 11) is 1.45. The van der Waals surface area contributed by atoms with E-state index in [4.69, 9.17) is 18.5 Å². The summed E-state index contributed by atoms with van der Waals surface area (Å²) in [5.41, 5.74) is 0. The van der Waals surface area contributed by atoms with Crippen LogP contribution in [0.4, 0.5) is 0 Å². The molecule has 64 heavy (non-hydrogen) atoms. The number of hydrogen-bond acceptors (Lipinski definition) is 7. The Morgan fingerprint density at radius 2 is 0.859 bits per heavy atom. The monoisotopic (exact) mass is 923 g/mol. The summed E-state index contributed by atoms with van der Waals surface area (Å²) in [5.74, 6) is -0.856. The van der Waals surface area contributed by atoms with Gasteiger partial charge in [0.15, 0.2) is 6.10 Å². The lowest BCUT2D eigenvalue weighted by Crippen LogP contribution is -2.37. The van der Waals surface area contributed by atoms with Gasteiger partial charge in [-0.15, -0.1) is 0 Å². The van der Waals surface area contributed by atoms with Crippen LogP contribution >= 0.6 is 7.82 Å². The van der Waals surface area contributed by atoms with Crippen LogP contribution in [0.15, 0.2) is 48.6 Å². The summed E-state index contributed by atoms with van der Waals surface area (Å²) in [5, 5.41) is 0. The summed E-state index contributed by atoms with van der Waals surface area (Å²) in [4.78, 5) is 35.5. The molecule has 0 aliphatic heterocycles. The molecule has 0 saturated heterocycles. The Morgan fingerprint density at radius 3 is 1.34 bits per heavy atom. The first-order valence-electron chi connectivity index (χ1n) is 26.4. The van der Waals surface area contributed by atoms with Crippen molar-refractivity contribution in [3.8, 4) is 0 Å². The van der Waals surface area contributed by atoms with E-state index in [9.17, 15) is 19.0 Å². The Labute approximate surface area is 394 Å². The lowest BCUT2D eigenvalue weighted by molar-refractivity contribution is -0.870. The van der Waals surface area contributed by atoms with Crippen molar-refractivity contribution in [2.45, 2.75) is 238 Å². The van der Waals surface area contributed by atoms with Gasteiger partial charge in [-0.2, -0.15) is 0 Å². The summed E-state index contributed by atoms with van der Waals surface area (Å²) >= 11 is 0. The number of ether oxygens (including phenoxy) is 2. The maximum absolute atomic E-state index is 12.7. The third-order valence-corrected chi connectivity index (χ3v) is 12.3. The highest BCUT2D eigenvalue weighted by Crippen LogP contribution is 2.43. The van der Waals surface area contributed by atoms with Crippen LogP contribution in [0.3, 0.4) is 0 Å². The van der Waals surface area contributed by atoms with Gasteiger partial charge in [-0.1, -0.05) is 197 Å². The van der Waals surface area contributed by atoms with Crippen molar-refractivity contribution in [3.05, 3.63) is 48.6 Å². The molecule has 0 heterocycles. The number of hydrogen-bond donors (Lipinski definition) is 1. The minimum Gasteiger partial charge on any atom is -0.462 e.